The highest BCUT2D eigenvalue weighted by atomic mass is 16.6. The van der Waals surface area contributed by atoms with Gasteiger partial charge >= 0.3 is 6.09 Å². The van der Waals surface area contributed by atoms with Crippen LogP contribution < -0.4 is 5.32 Å². The van der Waals surface area contributed by atoms with Crippen molar-refractivity contribution in [3.05, 3.63) is 0 Å². The maximum atomic E-state index is 12.1. The highest BCUT2D eigenvalue weighted by Crippen LogP contribution is 2.47. The average Bonchev–Trinajstić information content (AvgIpc) is 2.25. The number of carbonyl (C=O) groups is 2. The van der Waals surface area contributed by atoms with Crippen LogP contribution in [0, 0.1) is 17.2 Å². The molecule has 6 heteroatoms. The number of rotatable bonds is 2. The third kappa shape index (κ3) is 2.50. The molecule has 0 aromatic heterocycles. The van der Waals surface area contributed by atoms with Crippen LogP contribution in [0.2, 0.25) is 0 Å². The summed E-state index contributed by atoms with van der Waals surface area (Å²) in [6.07, 6.45) is 1.44. The number of nitriles is 1. The SMILES string of the molecule is CC(C)(C)OC(=O)N1C2CCC2C1C(=O)NCC#N. The fraction of sp³-hybridized carbons (Fsp3) is 0.769. The number of likely N-dealkylation sites (tertiary alicyclic amines) is 1. The molecule has 0 radical (unpaired) electrons. The molecule has 0 bridgehead atoms. The first-order valence-corrected chi connectivity index (χ1v) is 6.51. The summed E-state index contributed by atoms with van der Waals surface area (Å²) in [7, 11) is 0. The fourth-order valence-electron chi connectivity index (χ4n) is 2.65. The van der Waals surface area contributed by atoms with Gasteiger partial charge in [-0.25, -0.2) is 4.79 Å². The monoisotopic (exact) mass is 265 g/mol. The molecular formula is C13H19N3O3. The lowest BCUT2D eigenvalue weighted by Gasteiger charge is -2.59. The zero-order valence-electron chi connectivity index (χ0n) is 11.5. The van der Waals surface area contributed by atoms with Crippen molar-refractivity contribution in [1.82, 2.24) is 10.2 Å². The highest BCUT2D eigenvalue weighted by Gasteiger charge is 2.59. The van der Waals surface area contributed by atoms with Crippen LogP contribution >= 0.6 is 0 Å². The summed E-state index contributed by atoms with van der Waals surface area (Å²) < 4.78 is 5.32. The molecule has 1 N–H and O–H groups in total. The van der Waals surface area contributed by atoms with Crippen molar-refractivity contribution in [2.24, 2.45) is 5.92 Å². The van der Waals surface area contributed by atoms with Gasteiger partial charge in [0.25, 0.3) is 0 Å². The molecule has 2 amide bonds. The van der Waals surface area contributed by atoms with Crippen molar-refractivity contribution < 1.29 is 14.3 Å². The van der Waals surface area contributed by atoms with E-state index in [0.29, 0.717) is 0 Å². The van der Waals surface area contributed by atoms with Crippen LogP contribution in [0.3, 0.4) is 0 Å². The summed E-state index contributed by atoms with van der Waals surface area (Å²) in [6.45, 7) is 5.37. The maximum Gasteiger partial charge on any atom is 0.411 e. The van der Waals surface area contributed by atoms with E-state index in [1.807, 2.05) is 6.07 Å². The Bertz CT molecular complexity index is 435. The second-order valence-corrected chi connectivity index (χ2v) is 6.02. The largest absolute Gasteiger partial charge is 0.444 e. The Balaban J connectivity index is 2.01. The molecule has 2 rings (SSSR count). The van der Waals surface area contributed by atoms with Crippen LogP contribution in [0.4, 0.5) is 4.79 Å². The van der Waals surface area contributed by atoms with Crippen LogP contribution in [0.1, 0.15) is 33.6 Å². The van der Waals surface area contributed by atoms with Crippen molar-refractivity contribution >= 4 is 12.0 Å². The third-order valence-electron chi connectivity index (χ3n) is 3.57. The van der Waals surface area contributed by atoms with Gasteiger partial charge in [0, 0.05) is 12.0 Å². The van der Waals surface area contributed by atoms with Gasteiger partial charge in [0.15, 0.2) is 0 Å². The van der Waals surface area contributed by atoms with Crippen molar-refractivity contribution in [2.45, 2.75) is 51.3 Å². The standard InChI is InChI=1S/C13H19N3O3/c1-13(2,3)19-12(18)16-9-5-4-8(9)10(16)11(17)15-7-6-14/h8-10H,4-5,7H2,1-3H3,(H,15,17). The zero-order chi connectivity index (χ0) is 14.2. The Labute approximate surface area is 112 Å². The summed E-state index contributed by atoms with van der Waals surface area (Å²) in [5, 5.41) is 11.0. The van der Waals surface area contributed by atoms with E-state index in [4.69, 9.17) is 10.00 Å². The molecule has 1 saturated heterocycles. The van der Waals surface area contributed by atoms with Crippen LogP contribution in [-0.4, -0.2) is 41.1 Å². The minimum absolute atomic E-state index is 0.0329. The smallest absolute Gasteiger partial charge is 0.411 e. The van der Waals surface area contributed by atoms with Crippen molar-refractivity contribution in [2.75, 3.05) is 6.54 Å². The second-order valence-electron chi connectivity index (χ2n) is 6.02. The minimum Gasteiger partial charge on any atom is -0.444 e. The molecule has 2 aliphatic rings. The summed E-state index contributed by atoms with van der Waals surface area (Å²) in [6, 6.07) is 1.52. The summed E-state index contributed by atoms with van der Waals surface area (Å²) in [5.41, 5.74) is -0.570. The van der Waals surface area contributed by atoms with Gasteiger partial charge in [-0.3, -0.25) is 9.69 Å². The number of hydrogen-bond acceptors (Lipinski definition) is 4. The van der Waals surface area contributed by atoms with Gasteiger partial charge in [0.2, 0.25) is 5.91 Å². The molecule has 19 heavy (non-hydrogen) atoms. The molecule has 104 valence electrons. The van der Waals surface area contributed by atoms with Gasteiger partial charge < -0.3 is 10.1 Å². The van der Waals surface area contributed by atoms with Gasteiger partial charge in [-0.1, -0.05) is 0 Å². The molecule has 0 spiro atoms. The molecule has 3 unspecified atom stereocenters. The lowest BCUT2D eigenvalue weighted by atomic mass is 9.65. The second kappa shape index (κ2) is 4.72. The number of nitrogens with zero attached hydrogens (tertiary/aromatic N) is 2. The maximum absolute atomic E-state index is 12.1. The van der Waals surface area contributed by atoms with Crippen LogP contribution in [-0.2, 0) is 9.53 Å². The first-order valence-electron chi connectivity index (χ1n) is 6.51. The number of hydrogen-bond donors (Lipinski definition) is 1. The number of piperidine rings is 1. The normalized spacial score (nSPS) is 28.3. The first kappa shape index (κ1) is 13.7. The zero-order valence-corrected chi connectivity index (χ0v) is 11.5. The Morgan fingerprint density at radius 1 is 1.42 bits per heavy atom. The number of amides is 2. The van der Waals surface area contributed by atoms with Crippen LogP contribution in [0.15, 0.2) is 0 Å². The number of carbonyl (C=O) groups excluding carboxylic acids is 2. The number of ether oxygens (including phenoxy) is 1. The van der Waals surface area contributed by atoms with E-state index in [0.717, 1.165) is 12.8 Å². The predicted molar refractivity (Wildman–Crippen MR) is 67.0 cm³/mol. The van der Waals surface area contributed by atoms with E-state index in [9.17, 15) is 9.59 Å². The van der Waals surface area contributed by atoms with E-state index in [2.05, 4.69) is 5.32 Å². The molecular weight excluding hydrogens is 246 g/mol. The van der Waals surface area contributed by atoms with Crippen molar-refractivity contribution in [1.29, 1.82) is 5.26 Å². The van der Waals surface area contributed by atoms with Crippen molar-refractivity contribution in [3.8, 4) is 6.07 Å². The average molecular weight is 265 g/mol. The lowest BCUT2D eigenvalue weighted by Crippen LogP contribution is -2.74. The molecule has 1 aliphatic heterocycles. The molecule has 2 fully saturated rings. The number of fused-ring (bicyclic) bond motifs is 1. The van der Waals surface area contributed by atoms with Crippen LogP contribution in [0.25, 0.3) is 0 Å². The van der Waals surface area contributed by atoms with Crippen molar-refractivity contribution in [3.63, 3.8) is 0 Å². The molecule has 0 aromatic rings. The summed E-state index contributed by atoms with van der Waals surface area (Å²) in [5.74, 6) is -0.0282. The van der Waals surface area contributed by atoms with E-state index < -0.39 is 17.7 Å². The van der Waals surface area contributed by atoms with Gasteiger partial charge in [0.1, 0.15) is 18.2 Å². The topological polar surface area (TPSA) is 82.4 Å². The lowest BCUT2D eigenvalue weighted by molar-refractivity contribution is -0.155. The predicted octanol–water partition coefficient (Wildman–Crippen LogP) is 1.02. The van der Waals surface area contributed by atoms with E-state index in [1.54, 1.807) is 20.8 Å². The molecule has 6 nitrogen and oxygen atoms in total. The summed E-state index contributed by atoms with van der Waals surface area (Å²) in [4.78, 5) is 25.5. The van der Waals surface area contributed by atoms with E-state index in [1.165, 1.54) is 4.90 Å². The molecule has 1 saturated carbocycles. The first-order chi connectivity index (χ1) is 8.85. The van der Waals surface area contributed by atoms with Gasteiger partial charge in [-0.2, -0.15) is 5.26 Å². The molecule has 1 aliphatic carbocycles. The van der Waals surface area contributed by atoms with E-state index in [-0.39, 0.29) is 24.4 Å². The Kier molecular flexibility index (Phi) is 3.40. The summed E-state index contributed by atoms with van der Waals surface area (Å²) >= 11 is 0. The Hall–Kier alpha value is -1.77. The fourth-order valence-corrected chi connectivity index (χ4v) is 2.65. The quantitative estimate of drug-likeness (QED) is 0.756. The molecule has 3 atom stereocenters. The molecule has 0 aromatic carbocycles. The van der Waals surface area contributed by atoms with Gasteiger partial charge in [-0.15, -0.1) is 0 Å². The molecule has 1 heterocycles. The Morgan fingerprint density at radius 2 is 2.11 bits per heavy atom. The third-order valence-corrected chi connectivity index (χ3v) is 3.57. The number of nitrogens with one attached hydrogen (secondary N) is 1. The Morgan fingerprint density at radius 3 is 2.58 bits per heavy atom. The van der Waals surface area contributed by atoms with Gasteiger partial charge in [-0.05, 0) is 33.6 Å². The van der Waals surface area contributed by atoms with Gasteiger partial charge in [0.05, 0.1) is 6.07 Å². The minimum atomic E-state index is -0.570. The van der Waals surface area contributed by atoms with E-state index >= 15 is 0 Å². The van der Waals surface area contributed by atoms with Crippen LogP contribution in [0.5, 0.6) is 0 Å². The highest BCUT2D eigenvalue weighted by molar-refractivity contribution is 5.88.